The van der Waals surface area contributed by atoms with Gasteiger partial charge >= 0.3 is 0 Å². The Kier molecular flexibility index (Phi) is 4.80. The maximum atomic E-state index is 11.6. The third-order valence-electron chi connectivity index (χ3n) is 2.13. The molecule has 0 aromatic heterocycles. The molecule has 1 aromatic carbocycles. The van der Waals surface area contributed by atoms with E-state index in [4.69, 9.17) is 4.74 Å². The van der Waals surface area contributed by atoms with Crippen LogP contribution in [0.25, 0.3) is 0 Å². The number of anilines is 1. The third kappa shape index (κ3) is 4.42. The van der Waals surface area contributed by atoms with Gasteiger partial charge in [0.1, 0.15) is 11.5 Å². The van der Waals surface area contributed by atoms with Gasteiger partial charge in [-0.2, -0.15) is 13.1 Å². The van der Waals surface area contributed by atoms with E-state index >= 15 is 0 Å². The van der Waals surface area contributed by atoms with Crippen LogP contribution in [0.15, 0.2) is 18.2 Å². The van der Waals surface area contributed by atoms with Gasteiger partial charge in [0.2, 0.25) is 0 Å². The van der Waals surface area contributed by atoms with Gasteiger partial charge in [-0.15, -0.1) is 0 Å². The SMILES string of the molecule is COc1ccc(NS(=O)(=O)NCC(C)C)c(O)c1. The molecule has 0 aliphatic carbocycles. The van der Waals surface area contributed by atoms with Crippen LogP contribution in [-0.4, -0.2) is 27.2 Å². The van der Waals surface area contributed by atoms with Crippen molar-refractivity contribution in [2.45, 2.75) is 13.8 Å². The zero-order chi connectivity index (χ0) is 13.8. The maximum Gasteiger partial charge on any atom is 0.299 e. The second-order valence-electron chi connectivity index (χ2n) is 4.23. The van der Waals surface area contributed by atoms with Crippen LogP contribution in [0.1, 0.15) is 13.8 Å². The lowest BCUT2D eigenvalue weighted by Crippen LogP contribution is -2.32. The fourth-order valence-corrected chi connectivity index (χ4v) is 2.27. The molecule has 102 valence electrons. The Morgan fingerprint density at radius 3 is 2.56 bits per heavy atom. The molecule has 0 amide bonds. The van der Waals surface area contributed by atoms with Crippen LogP contribution in [0.4, 0.5) is 5.69 Å². The number of benzene rings is 1. The highest BCUT2D eigenvalue weighted by atomic mass is 32.2. The normalized spacial score (nSPS) is 11.6. The quantitative estimate of drug-likeness (QED) is 0.682. The van der Waals surface area contributed by atoms with Gasteiger partial charge in [-0.3, -0.25) is 4.72 Å². The van der Waals surface area contributed by atoms with Gasteiger partial charge in [-0.05, 0) is 18.1 Å². The van der Waals surface area contributed by atoms with Crippen LogP contribution < -0.4 is 14.2 Å². The highest BCUT2D eigenvalue weighted by molar-refractivity contribution is 7.90. The Balaban J connectivity index is 2.78. The maximum absolute atomic E-state index is 11.6. The molecule has 1 rings (SSSR count). The summed E-state index contributed by atoms with van der Waals surface area (Å²) < 4.78 is 32.8. The van der Waals surface area contributed by atoms with E-state index in [0.29, 0.717) is 12.3 Å². The highest BCUT2D eigenvalue weighted by Gasteiger charge is 2.13. The molecule has 0 aliphatic heterocycles. The predicted octanol–water partition coefficient (Wildman–Crippen LogP) is 1.30. The molecular weight excluding hydrogens is 256 g/mol. The van der Waals surface area contributed by atoms with Gasteiger partial charge in [0.15, 0.2) is 0 Å². The molecule has 3 N–H and O–H groups in total. The van der Waals surface area contributed by atoms with Crippen molar-refractivity contribution in [3.63, 3.8) is 0 Å². The molecule has 0 atom stereocenters. The molecule has 0 unspecified atom stereocenters. The van der Waals surface area contributed by atoms with E-state index in [0.717, 1.165) is 0 Å². The molecule has 0 saturated heterocycles. The first-order valence-electron chi connectivity index (χ1n) is 5.48. The molecule has 18 heavy (non-hydrogen) atoms. The van der Waals surface area contributed by atoms with E-state index in [1.165, 1.54) is 19.2 Å². The Morgan fingerprint density at radius 1 is 1.39 bits per heavy atom. The van der Waals surface area contributed by atoms with Crippen molar-refractivity contribution < 1.29 is 18.3 Å². The summed E-state index contributed by atoms with van der Waals surface area (Å²) in [5.41, 5.74) is 0.104. The molecule has 0 bridgehead atoms. The molecule has 0 fully saturated rings. The zero-order valence-electron chi connectivity index (χ0n) is 10.6. The first-order chi connectivity index (χ1) is 8.34. The van der Waals surface area contributed by atoms with Gasteiger partial charge in [-0.25, -0.2) is 0 Å². The highest BCUT2D eigenvalue weighted by Crippen LogP contribution is 2.28. The van der Waals surface area contributed by atoms with Gasteiger partial charge in [0, 0.05) is 12.6 Å². The average Bonchev–Trinajstić information content (AvgIpc) is 2.29. The number of methoxy groups -OCH3 is 1. The van der Waals surface area contributed by atoms with Crippen LogP contribution in [0.2, 0.25) is 0 Å². The number of hydrogen-bond donors (Lipinski definition) is 3. The Morgan fingerprint density at radius 2 is 2.06 bits per heavy atom. The summed E-state index contributed by atoms with van der Waals surface area (Å²) >= 11 is 0. The van der Waals surface area contributed by atoms with Crippen molar-refractivity contribution in [2.75, 3.05) is 18.4 Å². The van der Waals surface area contributed by atoms with Crippen molar-refractivity contribution in [1.82, 2.24) is 4.72 Å². The van der Waals surface area contributed by atoms with Crippen molar-refractivity contribution in [2.24, 2.45) is 5.92 Å². The van der Waals surface area contributed by atoms with E-state index in [-0.39, 0.29) is 17.4 Å². The minimum atomic E-state index is -3.67. The summed E-state index contributed by atoms with van der Waals surface area (Å²) in [6, 6.07) is 4.32. The second kappa shape index (κ2) is 5.92. The minimum absolute atomic E-state index is 0.104. The summed E-state index contributed by atoms with van der Waals surface area (Å²) in [6.07, 6.45) is 0. The first kappa shape index (κ1) is 14.6. The van der Waals surface area contributed by atoms with E-state index in [2.05, 4.69) is 9.44 Å². The minimum Gasteiger partial charge on any atom is -0.506 e. The number of hydrogen-bond acceptors (Lipinski definition) is 4. The Bertz CT molecular complexity index is 500. The number of nitrogens with one attached hydrogen (secondary N) is 2. The summed E-state index contributed by atoms with van der Waals surface area (Å²) in [4.78, 5) is 0. The summed E-state index contributed by atoms with van der Waals surface area (Å²) in [7, 11) is -2.21. The fourth-order valence-electron chi connectivity index (χ4n) is 1.18. The van der Waals surface area contributed by atoms with Crippen LogP contribution in [0.5, 0.6) is 11.5 Å². The molecule has 7 heteroatoms. The predicted molar refractivity (Wildman–Crippen MR) is 70.0 cm³/mol. The first-order valence-corrected chi connectivity index (χ1v) is 6.97. The standard InChI is InChI=1S/C11H18N2O4S/c1-8(2)7-12-18(15,16)13-10-5-4-9(17-3)6-11(10)14/h4-6,8,12-14H,7H2,1-3H3. The van der Waals surface area contributed by atoms with Gasteiger partial charge in [0.05, 0.1) is 12.8 Å². The fraction of sp³-hybridized carbons (Fsp3) is 0.455. The Hall–Kier alpha value is -1.47. The lowest BCUT2D eigenvalue weighted by Gasteiger charge is -2.12. The molecule has 0 aliphatic rings. The van der Waals surface area contributed by atoms with Gasteiger partial charge < -0.3 is 9.84 Å². The molecule has 0 heterocycles. The molecule has 0 radical (unpaired) electrons. The molecule has 6 nitrogen and oxygen atoms in total. The monoisotopic (exact) mass is 274 g/mol. The van der Waals surface area contributed by atoms with Gasteiger partial charge in [0.25, 0.3) is 10.2 Å². The smallest absolute Gasteiger partial charge is 0.299 e. The van der Waals surface area contributed by atoms with E-state index in [1.54, 1.807) is 6.07 Å². The van der Waals surface area contributed by atoms with Crippen LogP contribution in [0.3, 0.4) is 0 Å². The lowest BCUT2D eigenvalue weighted by atomic mass is 10.2. The second-order valence-corrected chi connectivity index (χ2v) is 5.73. The van der Waals surface area contributed by atoms with E-state index in [1.807, 2.05) is 13.8 Å². The zero-order valence-corrected chi connectivity index (χ0v) is 11.4. The molecule has 0 spiro atoms. The largest absolute Gasteiger partial charge is 0.506 e. The van der Waals surface area contributed by atoms with E-state index in [9.17, 15) is 13.5 Å². The Labute approximate surface area is 107 Å². The van der Waals surface area contributed by atoms with Crippen molar-refractivity contribution >= 4 is 15.9 Å². The van der Waals surface area contributed by atoms with Crippen molar-refractivity contribution in [3.05, 3.63) is 18.2 Å². The van der Waals surface area contributed by atoms with Crippen molar-refractivity contribution in [3.8, 4) is 11.5 Å². The van der Waals surface area contributed by atoms with Crippen LogP contribution in [0, 0.1) is 5.92 Å². The van der Waals surface area contributed by atoms with Crippen LogP contribution in [-0.2, 0) is 10.2 Å². The molecule has 0 saturated carbocycles. The number of phenolic OH excluding ortho intramolecular Hbond substituents is 1. The number of ether oxygens (including phenoxy) is 1. The summed E-state index contributed by atoms with van der Waals surface area (Å²) in [5, 5.41) is 9.63. The number of aromatic hydroxyl groups is 1. The lowest BCUT2D eigenvalue weighted by molar-refractivity contribution is 0.408. The number of phenols is 1. The van der Waals surface area contributed by atoms with Crippen molar-refractivity contribution in [1.29, 1.82) is 0 Å². The van der Waals surface area contributed by atoms with Crippen LogP contribution >= 0.6 is 0 Å². The topological polar surface area (TPSA) is 87.7 Å². The van der Waals surface area contributed by atoms with Gasteiger partial charge in [-0.1, -0.05) is 13.8 Å². The van der Waals surface area contributed by atoms with E-state index < -0.39 is 10.2 Å². The number of rotatable bonds is 6. The summed E-state index contributed by atoms with van der Waals surface area (Å²) in [6.45, 7) is 4.12. The molecule has 1 aromatic rings. The third-order valence-corrected chi connectivity index (χ3v) is 3.17. The molecular formula is C11H18N2O4S. The summed E-state index contributed by atoms with van der Waals surface area (Å²) in [5.74, 6) is 0.459. The average molecular weight is 274 g/mol.